The number of aromatic nitrogens is 4. The molecule has 5 nitrogen and oxygen atoms in total. The van der Waals surface area contributed by atoms with Crippen LogP contribution in [0.1, 0.15) is 39.6 Å². The molecule has 2 aromatic carbocycles. The highest BCUT2D eigenvalue weighted by molar-refractivity contribution is 6.30. The Morgan fingerprint density at radius 3 is 2.67 bits per heavy atom. The zero-order chi connectivity index (χ0) is 18.5. The molecule has 0 amide bonds. The number of Topliss-reactive ketones (excluding diaryl/α,β-unsaturated/α-hetero) is 1. The van der Waals surface area contributed by atoms with E-state index in [9.17, 15) is 4.79 Å². The van der Waals surface area contributed by atoms with Gasteiger partial charge in [-0.1, -0.05) is 35.9 Å². The molecule has 5 rings (SSSR count). The number of imidazole rings is 1. The molecule has 2 heterocycles. The van der Waals surface area contributed by atoms with Crippen molar-refractivity contribution in [3.8, 4) is 5.95 Å². The van der Waals surface area contributed by atoms with E-state index in [0.29, 0.717) is 17.4 Å². The molecule has 1 N–H and O–H groups in total. The highest BCUT2D eigenvalue weighted by Crippen LogP contribution is 2.35. The van der Waals surface area contributed by atoms with Gasteiger partial charge in [-0.05, 0) is 49.1 Å². The first kappa shape index (κ1) is 16.3. The van der Waals surface area contributed by atoms with Crippen molar-refractivity contribution in [2.45, 2.75) is 25.7 Å². The van der Waals surface area contributed by atoms with Gasteiger partial charge in [0.2, 0.25) is 5.95 Å². The number of halogens is 1. The van der Waals surface area contributed by atoms with Gasteiger partial charge in [0.1, 0.15) is 0 Å². The van der Waals surface area contributed by atoms with Gasteiger partial charge in [-0.2, -0.15) is 5.10 Å². The van der Waals surface area contributed by atoms with E-state index in [1.54, 1.807) is 4.68 Å². The van der Waals surface area contributed by atoms with Crippen molar-refractivity contribution >= 4 is 28.4 Å². The third kappa shape index (κ3) is 2.66. The number of ketones is 1. The maximum absolute atomic E-state index is 12.9. The quantitative estimate of drug-likeness (QED) is 0.555. The molecule has 134 valence electrons. The van der Waals surface area contributed by atoms with Gasteiger partial charge >= 0.3 is 0 Å². The fourth-order valence-electron chi connectivity index (χ4n) is 3.94. The molecule has 1 aliphatic carbocycles. The molecule has 0 saturated carbocycles. The molecule has 27 heavy (non-hydrogen) atoms. The Balaban J connectivity index is 1.61. The molecule has 0 aliphatic heterocycles. The number of carbonyl (C=O) groups is 1. The molecular formula is C21H17ClN4O. The molecular weight excluding hydrogens is 360 g/mol. The lowest BCUT2D eigenvalue weighted by molar-refractivity contribution is 0.0963. The zero-order valence-corrected chi connectivity index (χ0v) is 15.5. The van der Waals surface area contributed by atoms with Crippen LogP contribution in [0.4, 0.5) is 0 Å². The Hall–Kier alpha value is -2.92. The standard InChI is InChI=1S/C21H17ClN4O/c1-12-20-18(10-14(11-19(20)27)13-6-8-15(22)9-7-13)26(25-12)21-23-16-4-2-3-5-17(16)24-21/h2-9,14H,10-11H2,1H3,(H,23,24)/t14-/m0/s1. The van der Waals surface area contributed by atoms with Crippen LogP contribution < -0.4 is 0 Å². The van der Waals surface area contributed by atoms with Crippen LogP contribution >= 0.6 is 11.6 Å². The van der Waals surface area contributed by atoms with Crippen LogP contribution in [0.3, 0.4) is 0 Å². The maximum Gasteiger partial charge on any atom is 0.229 e. The number of aryl methyl sites for hydroxylation is 1. The van der Waals surface area contributed by atoms with Crippen molar-refractivity contribution in [3.05, 3.63) is 76.1 Å². The van der Waals surface area contributed by atoms with E-state index >= 15 is 0 Å². The van der Waals surface area contributed by atoms with Crippen LogP contribution in [0.2, 0.25) is 5.02 Å². The van der Waals surface area contributed by atoms with E-state index in [1.165, 1.54) is 0 Å². The van der Waals surface area contributed by atoms with E-state index in [0.717, 1.165) is 40.0 Å². The number of para-hydroxylation sites is 2. The molecule has 6 heteroatoms. The largest absolute Gasteiger partial charge is 0.322 e. The van der Waals surface area contributed by atoms with Crippen LogP contribution in [0.25, 0.3) is 17.0 Å². The Labute approximate surface area is 161 Å². The number of hydrogen-bond acceptors (Lipinski definition) is 3. The van der Waals surface area contributed by atoms with Gasteiger partial charge in [0, 0.05) is 11.4 Å². The molecule has 0 radical (unpaired) electrons. The summed E-state index contributed by atoms with van der Waals surface area (Å²) in [5, 5.41) is 5.33. The smallest absolute Gasteiger partial charge is 0.229 e. The average Bonchev–Trinajstić information content (AvgIpc) is 3.23. The number of fused-ring (bicyclic) bond motifs is 2. The average molecular weight is 377 g/mol. The summed E-state index contributed by atoms with van der Waals surface area (Å²) in [4.78, 5) is 20.8. The number of hydrogen-bond donors (Lipinski definition) is 1. The van der Waals surface area contributed by atoms with Gasteiger partial charge in [-0.25, -0.2) is 9.67 Å². The van der Waals surface area contributed by atoms with Gasteiger partial charge < -0.3 is 4.98 Å². The number of benzene rings is 2. The molecule has 1 aliphatic rings. The minimum Gasteiger partial charge on any atom is -0.322 e. The van der Waals surface area contributed by atoms with Gasteiger partial charge in [-0.3, -0.25) is 4.79 Å². The Bertz CT molecular complexity index is 1140. The summed E-state index contributed by atoms with van der Waals surface area (Å²) < 4.78 is 1.80. The van der Waals surface area contributed by atoms with Crippen molar-refractivity contribution in [1.82, 2.24) is 19.7 Å². The van der Waals surface area contributed by atoms with Crippen LogP contribution in [0, 0.1) is 6.92 Å². The molecule has 0 bridgehead atoms. The van der Waals surface area contributed by atoms with Crippen molar-refractivity contribution < 1.29 is 4.79 Å². The normalized spacial score (nSPS) is 16.7. The fourth-order valence-corrected chi connectivity index (χ4v) is 4.07. The third-order valence-electron chi connectivity index (χ3n) is 5.23. The van der Waals surface area contributed by atoms with Gasteiger partial charge in [0.15, 0.2) is 5.78 Å². The lowest BCUT2D eigenvalue weighted by Crippen LogP contribution is -2.20. The first-order valence-electron chi connectivity index (χ1n) is 8.92. The van der Waals surface area contributed by atoms with Crippen molar-refractivity contribution in [1.29, 1.82) is 0 Å². The Morgan fingerprint density at radius 2 is 1.89 bits per heavy atom. The summed E-state index contributed by atoms with van der Waals surface area (Å²) in [6.07, 6.45) is 1.22. The minimum atomic E-state index is 0.112. The second-order valence-electron chi connectivity index (χ2n) is 6.98. The van der Waals surface area contributed by atoms with Crippen molar-refractivity contribution in [3.63, 3.8) is 0 Å². The first-order chi connectivity index (χ1) is 13.1. The molecule has 0 spiro atoms. The topological polar surface area (TPSA) is 63.6 Å². The predicted octanol–water partition coefficient (Wildman–Crippen LogP) is 4.62. The van der Waals surface area contributed by atoms with E-state index in [1.807, 2.05) is 55.5 Å². The zero-order valence-electron chi connectivity index (χ0n) is 14.7. The van der Waals surface area contributed by atoms with Crippen LogP contribution in [0.5, 0.6) is 0 Å². The van der Waals surface area contributed by atoms with E-state index < -0.39 is 0 Å². The third-order valence-corrected chi connectivity index (χ3v) is 5.48. The number of rotatable bonds is 2. The van der Waals surface area contributed by atoms with Crippen molar-refractivity contribution in [2.24, 2.45) is 0 Å². The summed E-state index contributed by atoms with van der Waals surface area (Å²) in [6, 6.07) is 15.6. The molecule has 0 saturated heterocycles. The number of carbonyl (C=O) groups excluding carboxylic acids is 1. The summed E-state index contributed by atoms with van der Waals surface area (Å²) in [5.41, 5.74) is 5.36. The monoisotopic (exact) mass is 376 g/mol. The van der Waals surface area contributed by atoms with Crippen molar-refractivity contribution in [2.75, 3.05) is 0 Å². The van der Waals surface area contributed by atoms with E-state index in [2.05, 4.69) is 15.1 Å². The predicted molar refractivity (Wildman–Crippen MR) is 105 cm³/mol. The van der Waals surface area contributed by atoms with E-state index in [4.69, 9.17) is 11.6 Å². The Kier molecular flexibility index (Phi) is 3.65. The fraction of sp³-hybridized carbons (Fsp3) is 0.190. The molecule has 0 fully saturated rings. The SMILES string of the molecule is Cc1nn(-c2nc3ccccc3[nH]2)c2c1C(=O)C[C@@H](c1ccc(Cl)cc1)C2. The van der Waals surface area contributed by atoms with Gasteiger partial charge in [-0.15, -0.1) is 0 Å². The molecule has 1 atom stereocenters. The van der Waals surface area contributed by atoms with Crippen LogP contribution in [0.15, 0.2) is 48.5 Å². The van der Waals surface area contributed by atoms with Crippen LogP contribution in [-0.4, -0.2) is 25.5 Å². The second kappa shape index (κ2) is 6.06. The molecule has 0 unspecified atom stereocenters. The van der Waals surface area contributed by atoms with Crippen LogP contribution in [-0.2, 0) is 6.42 Å². The second-order valence-corrected chi connectivity index (χ2v) is 7.41. The lowest BCUT2D eigenvalue weighted by Gasteiger charge is -2.22. The highest BCUT2D eigenvalue weighted by Gasteiger charge is 2.32. The summed E-state index contributed by atoms with van der Waals surface area (Å²) in [6.45, 7) is 1.89. The minimum absolute atomic E-state index is 0.112. The number of nitrogens with one attached hydrogen (secondary N) is 1. The highest BCUT2D eigenvalue weighted by atomic mass is 35.5. The lowest BCUT2D eigenvalue weighted by atomic mass is 9.81. The number of H-pyrrole nitrogens is 1. The summed E-state index contributed by atoms with van der Waals surface area (Å²) >= 11 is 6.01. The molecule has 2 aromatic heterocycles. The summed E-state index contributed by atoms with van der Waals surface area (Å²) in [7, 11) is 0. The maximum atomic E-state index is 12.9. The van der Waals surface area contributed by atoms with E-state index in [-0.39, 0.29) is 11.7 Å². The number of nitrogens with zero attached hydrogens (tertiary/aromatic N) is 3. The van der Waals surface area contributed by atoms with Gasteiger partial charge in [0.05, 0.1) is 28.0 Å². The Morgan fingerprint density at radius 1 is 1.11 bits per heavy atom. The molecule has 4 aromatic rings. The number of aromatic amines is 1. The summed E-state index contributed by atoms with van der Waals surface area (Å²) in [5.74, 6) is 0.891. The first-order valence-corrected chi connectivity index (χ1v) is 9.30. The van der Waals surface area contributed by atoms with Gasteiger partial charge in [0.25, 0.3) is 0 Å².